The number of benzene rings is 2. The van der Waals surface area contributed by atoms with E-state index in [4.69, 9.17) is 5.73 Å². The maximum atomic E-state index is 13.1. The van der Waals surface area contributed by atoms with E-state index in [0.29, 0.717) is 5.69 Å². The molecular weight excluding hydrogens is 245 g/mol. The van der Waals surface area contributed by atoms with Crippen LogP contribution in [-0.4, -0.2) is 0 Å². The number of anilines is 1. The Kier molecular flexibility index (Phi) is 4.26. The van der Waals surface area contributed by atoms with Crippen LogP contribution in [0.2, 0.25) is 0 Å². The van der Waals surface area contributed by atoms with Gasteiger partial charge in [-0.2, -0.15) is 0 Å². The van der Waals surface area contributed by atoms with E-state index in [1.165, 1.54) is 23.3 Å². The molecule has 0 aliphatic rings. The van der Waals surface area contributed by atoms with E-state index >= 15 is 0 Å². The standard InChI is InChI=1S/C15H16FNS/c1-2-11-3-5-12(6-4-11)10-18-15-9-13(16)7-8-14(15)17/h3-9H,2,10,17H2,1H3. The molecule has 2 rings (SSSR count). The van der Waals surface area contributed by atoms with Gasteiger partial charge in [-0.25, -0.2) is 4.39 Å². The highest BCUT2D eigenvalue weighted by molar-refractivity contribution is 7.98. The third-order valence-corrected chi connectivity index (χ3v) is 3.94. The van der Waals surface area contributed by atoms with Gasteiger partial charge in [0.05, 0.1) is 0 Å². The first-order valence-corrected chi connectivity index (χ1v) is 6.93. The van der Waals surface area contributed by atoms with Gasteiger partial charge in [0, 0.05) is 16.3 Å². The molecule has 0 bridgehead atoms. The van der Waals surface area contributed by atoms with Crippen LogP contribution in [0.3, 0.4) is 0 Å². The number of rotatable bonds is 4. The second-order valence-corrected chi connectivity index (χ2v) is 5.16. The Balaban J connectivity index is 2.04. The fourth-order valence-corrected chi connectivity index (χ4v) is 2.61. The van der Waals surface area contributed by atoms with Crippen LogP contribution in [0.1, 0.15) is 18.1 Å². The maximum absolute atomic E-state index is 13.1. The smallest absolute Gasteiger partial charge is 0.124 e. The normalized spacial score (nSPS) is 10.6. The van der Waals surface area contributed by atoms with E-state index in [1.807, 2.05) is 0 Å². The van der Waals surface area contributed by atoms with Gasteiger partial charge in [-0.05, 0) is 35.7 Å². The summed E-state index contributed by atoms with van der Waals surface area (Å²) in [4.78, 5) is 0.801. The van der Waals surface area contributed by atoms with Crippen molar-refractivity contribution in [3.8, 4) is 0 Å². The van der Waals surface area contributed by atoms with Gasteiger partial charge in [0.2, 0.25) is 0 Å². The summed E-state index contributed by atoms with van der Waals surface area (Å²) < 4.78 is 13.1. The molecule has 2 aromatic carbocycles. The predicted octanol–water partition coefficient (Wildman–Crippen LogP) is 4.26. The Bertz CT molecular complexity index is 523. The molecule has 0 saturated carbocycles. The van der Waals surface area contributed by atoms with Crippen molar-refractivity contribution < 1.29 is 4.39 Å². The largest absolute Gasteiger partial charge is 0.398 e. The number of hydrogen-bond donors (Lipinski definition) is 1. The average Bonchev–Trinajstić information content (AvgIpc) is 2.40. The van der Waals surface area contributed by atoms with E-state index in [2.05, 4.69) is 31.2 Å². The van der Waals surface area contributed by atoms with E-state index in [0.717, 1.165) is 17.1 Å². The van der Waals surface area contributed by atoms with Crippen LogP contribution in [0.4, 0.5) is 10.1 Å². The molecule has 1 nitrogen and oxygen atoms in total. The summed E-state index contributed by atoms with van der Waals surface area (Å²) in [7, 11) is 0. The van der Waals surface area contributed by atoms with Crippen LogP contribution >= 0.6 is 11.8 Å². The van der Waals surface area contributed by atoms with Gasteiger partial charge in [-0.15, -0.1) is 11.8 Å². The summed E-state index contributed by atoms with van der Waals surface area (Å²) in [6.45, 7) is 2.14. The van der Waals surface area contributed by atoms with E-state index in [9.17, 15) is 4.39 Å². The van der Waals surface area contributed by atoms with Crippen molar-refractivity contribution in [2.24, 2.45) is 0 Å². The highest BCUT2D eigenvalue weighted by Gasteiger charge is 2.02. The fourth-order valence-electron chi connectivity index (χ4n) is 1.67. The van der Waals surface area contributed by atoms with Gasteiger partial charge in [0.15, 0.2) is 0 Å². The lowest BCUT2D eigenvalue weighted by molar-refractivity contribution is 0.624. The SMILES string of the molecule is CCc1ccc(CSc2cc(F)ccc2N)cc1. The topological polar surface area (TPSA) is 26.0 Å². The molecule has 0 saturated heterocycles. The number of thioether (sulfide) groups is 1. The second-order valence-electron chi connectivity index (χ2n) is 4.14. The van der Waals surface area contributed by atoms with Crippen molar-refractivity contribution >= 4 is 17.4 Å². The van der Waals surface area contributed by atoms with Gasteiger partial charge in [-0.3, -0.25) is 0 Å². The molecule has 0 aliphatic carbocycles. The van der Waals surface area contributed by atoms with Crippen molar-refractivity contribution in [3.05, 3.63) is 59.4 Å². The molecular formula is C15H16FNS. The Hall–Kier alpha value is -1.48. The highest BCUT2D eigenvalue weighted by atomic mass is 32.2. The maximum Gasteiger partial charge on any atom is 0.124 e. The molecule has 0 heterocycles. The quantitative estimate of drug-likeness (QED) is 0.657. The van der Waals surface area contributed by atoms with Crippen molar-refractivity contribution in [1.82, 2.24) is 0 Å². The zero-order chi connectivity index (χ0) is 13.0. The zero-order valence-electron chi connectivity index (χ0n) is 10.3. The van der Waals surface area contributed by atoms with Gasteiger partial charge < -0.3 is 5.73 Å². The monoisotopic (exact) mass is 261 g/mol. The summed E-state index contributed by atoms with van der Waals surface area (Å²) in [5.74, 6) is 0.561. The summed E-state index contributed by atoms with van der Waals surface area (Å²) in [6.07, 6.45) is 1.05. The summed E-state index contributed by atoms with van der Waals surface area (Å²) in [5, 5.41) is 0. The molecule has 0 unspecified atom stereocenters. The Morgan fingerprint density at radius 1 is 1.06 bits per heavy atom. The Morgan fingerprint density at radius 3 is 2.39 bits per heavy atom. The molecule has 0 aliphatic heterocycles. The van der Waals surface area contributed by atoms with Crippen LogP contribution in [0.5, 0.6) is 0 Å². The van der Waals surface area contributed by atoms with Crippen LogP contribution < -0.4 is 5.73 Å². The number of nitrogen functional groups attached to an aromatic ring is 1. The molecule has 2 N–H and O–H groups in total. The number of hydrogen-bond acceptors (Lipinski definition) is 2. The minimum Gasteiger partial charge on any atom is -0.398 e. The minimum absolute atomic E-state index is 0.243. The first-order valence-electron chi connectivity index (χ1n) is 5.94. The lowest BCUT2D eigenvalue weighted by Gasteiger charge is -2.06. The van der Waals surface area contributed by atoms with Crippen molar-refractivity contribution in [2.75, 3.05) is 5.73 Å². The zero-order valence-corrected chi connectivity index (χ0v) is 11.1. The predicted molar refractivity (Wildman–Crippen MR) is 76.2 cm³/mol. The average molecular weight is 261 g/mol. The van der Waals surface area contributed by atoms with Crippen LogP contribution in [-0.2, 0) is 12.2 Å². The summed E-state index contributed by atoms with van der Waals surface area (Å²) in [5.41, 5.74) is 8.99. The third kappa shape index (κ3) is 3.26. The fraction of sp³-hybridized carbons (Fsp3) is 0.200. The van der Waals surface area contributed by atoms with Gasteiger partial charge in [0.1, 0.15) is 5.82 Å². The van der Waals surface area contributed by atoms with Crippen LogP contribution in [0, 0.1) is 5.82 Å². The molecule has 0 aromatic heterocycles. The summed E-state index contributed by atoms with van der Waals surface area (Å²) >= 11 is 1.56. The van der Waals surface area contributed by atoms with Gasteiger partial charge in [-0.1, -0.05) is 31.2 Å². The Labute approximate surface area is 111 Å². The van der Waals surface area contributed by atoms with Crippen LogP contribution in [0.15, 0.2) is 47.4 Å². The molecule has 0 spiro atoms. The first-order chi connectivity index (χ1) is 8.69. The molecule has 0 radical (unpaired) electrons. The molecule has 3 heteroatoms. The van der Waals surface area contributed by atoms with Crippen LogP contribution in [0.25, 0.3) is 0 Å². The number of nitrogens with two attached hydrogens (primary N) is 1. The number of halogens is 1. The van der Waals surface area contributed by atoms with Crippen molar-refractivity contribution in [2.45, 2.75) is 24.0 Å². The molecule has 2 aromatic rings. The lowest BCUT2D eigenvalue weighted by Crippen LogP contribution is -1.90. The van der Waals surface area contributed by atoms with E-state index in [-0.39, 0.29) is 5.82 Å². The van der Waals surface area contributed by atoms with E-state index in [1.54, 1.807) is 17.8 Å². The number of aryl methyl sites for hydroxylation is 1. The minimum atomic E-state index is -0.243. The molecule has 0 atom stereocenters. The second kappa shape index (κ2) is 5.91. The summed E-state index contributed by atoms with van der Waals surface area (Å²) in [6, 6.07) is 13.0. The van der Waals surface area contributed by atoms with Gasteiger partial charge in [0.25, 0.3) is 0 Å². The van der Waals surface area contributed by atoms with E-state index < -0.39 is 0 Å². The molecule has 18 heavy (non-hydrogen) atoms. The molecule has 0 amide bonds. The highest BCUT2D eigenvalue weighted by Crippen LogP contribution is 2.28. The van der Waals surface area contributed by atoms with Crippen molar-refractivity contribution in [1.29, 1.82) is 0 Å². The first kappa shape index (κ1) is 13.0. The molecule has 0 fully saturated rings. The van der Waals surface area contributed by atoms with Crippen molar-refractivity contribution in [3.63, 3.8) is 0 Å². The van der Waals surface area contributed by atoms with Gasteiger partial charge >= 0.3 is 0 Å². The Morgan fingerprint density at radius 2 is 1.72 bits per heavy atom. The molecule has 94 valence electrons. The third-order valence-electron chi connectivity index (χ3n) is 2.80. The lowest BCUT2D eigenvalue weighted by atomic mass is 10.1.